The number of nitrogens with zero attached hydrogens (tertiary/aromatic N) is 2. The van der Waals surface area contributed by atoms with Gasteiger partial charge in [-0.3, -0.25) is 14.6 Å². The molecule has 0 bridgehead atoms. The van der Waals surface area contributed by atoms with Crippen LogP contribution in [0, 0.1) is 12.8 Å². The molecular formula is C15H19N3O2. The zero-order valence-electron chi connectivity index (χ0n) is 11.8. The number of hydrogen-bond donors (Lipinski definition) is 1. The first-order chi connectivity index (χ1) is 9.51. The minimum Gasteiger partial charge on any atom is -0.345 e. The van der Waals surface area contributed by atoms with Crippen molar-refractivity contribution < 1.29 is 9.59 Å². The summed E-state index contributed by atoms with van der Waals surface area (Å²) in [7, 11) is 0. The van der Waals surface area contributed by atoms with E-state index in [1.807, 2.05) is 32.0 Å². The Morgan fingerprint density at radius 2 is 2.15 bits per heavy atom. The molecule has 0 radical (unpaired) electrons. The second-order valence-corrected chi connectivity index (χ2v) is 5.85. The molecule has 1 saturated heterocycles. The topological polar surface area (TPSA) is 62.3 Å². The van der Waals surface area contributed by atoms with Crippen molar-refractivity contribution in [2.75, 3.05) is 6.54 Å². The van der Waals surface area contributed by atoms with Gasteiger partial charge in [-0.15, -0.1) is 0 Å². The van der Waals surface area contributed by atoms with Crippen LogP contribution in [0.15, 0.2) is 18.2 Å². The lowest BCUT2D eigenvalue weighted by Crippen LogP contribution is -2.66. The van der Waals surface area contributed by atoms with Crippen molar-refractivity contribution >= 4 is 11.8 Å². The summed E-state index contributed by atoms with van der Waals surface area (Å²) in [5, 5.41) is 2.72. The summed E-state index contributed by atoms with van der Waals surface area (Å²) in [5.41, 5.74) is 1.03. The number of carbonyl (C=O) groups excluding carboxylic acids is 2. The van der Waals surface area contributed by atoms with Gasteiger partial charge in [0.05, 0.1) is 18.8 Å². The highest BCUT2D eigenvalue weighted by Crippen LogP contribution is 2.44. The van der Waals surface area contributed by atoms with Crippen molar-refractivity contribution in [2.24, 2.45) is 5.92 Å². The molecule has 0 aromatic carbocycles. The summed E-state index contributed by atoms with van der Waals surface area (Å²) in [4.78, 5) is 30.7. The summed E-state index contributed by atoms with van der Waals surface area (Å²) in [6.45, 7) is 4.30. The molecule has 2 fully saturated rings. The number of aryl methyl sites for hydroxylation is 1. The summed E-state index contributed by atoms with van der Waals surface area (Å²) in [5.74, 6) is 0.214. The summed E-state index contributed by atoms with van der Waals surface area (Å²) in [6.07, 6.45) is 2.02. The number of nitrogens with one attached hydrogen (secondary N) is 1. The molecule has 2 heterocycles. The van der Waals surface area contributed by atoms with Crippen LogP contribution in [0.25, 0.3) is 0 Å². The molecule has 1 aromatic heterocycles. The molecule has 20 heavy (non-hydrogen) atoms. The predicted octanol–water partition coefficient (Wildman–Crippen LogP) is 1.02. The molecule has 2 amide bonds. The van der Waals surface area contributed by atoms with E-state index in [4.69, 9.17) is 0 Å². The Morgan fingerprint density at radius 1 is 1.40 bits per heavy atom. The van der Waals surface area contributed by atoms with Gasteiger partial charge in [0.25, 0.3) is 0 Å². The molecule has 1 aliphatic carbocycles. The fourth-order valence-electron chi connectivity index (χ4n) is 2.97. The normalized spacial score (nSPS) is 26.6. The molecule has 1 unspecified atom stereocenters. The van der Waals surface area contributed by atoms with Gasteiger partial charge < -0.3 is 10.2 Å². The van der Waals surface area contributed by atoms with Crippen molar-refractivity contribution in [1.82, 2.24) is 15.2 Å². The van der Waals surface area contributed by atoms with Crippen molar-refractivity contribution in [3.05, 3.63) is 29.6 Å². The Morgan fingerprint density at radius 3 is 2.80 bits per heavy atom. The first-order valence-electron chi connectivity index (χ1n) is 7.03. The van der Waals surface area contributed by atoms with Gasteiger partial charge in [0.2, 0.25) is 11.8 Å². The maximum atomic E-state index is 12.3. The van der Waals surface area contributed by atoms with Gasteiger partial charge in [0.1, 0.15) is 5.54 Å². The first-order valence-corrected chi connectivity index (χ1v) is 7.03. The molecule has 1 atom stereocenters. The van der Waals surface area contributed by atoms with E-state index in [1.165, 1.54) is 0 Å². The highest BCUT2D eigenvalue weighted by Gasteiger charge is 2.54. The number of rotatable bonds is 3. The fourth-order valence-corrected chi connectivity index (χ4v) is 2.97. The Hall–Kier alpha value is -1.91. The molecule has 5 nitrogen and oxygen atoms in total. The van der Waals surface area contributed by atoms with E-state index in [1.54, 1.807) is 4.90 Å². The quantitative estimate of drug-likeness (QED) is 0.894. The summed E-state index contributed by atoms with van der Waals surface area (Å²) >= 11 is 0. The van der Waals surface area contributed by atoms with Gasteiger partial charge in [-0.05, 0) is 44.7 Å². The number of aromatic nitrogens is 1. The van der Waals surface area contributed by atoms with Gasteiger partial charge in [0.15, 0.2) is 0 Å². The van der Waals surface area contributed by atoms with Crippen molar-refractivity contribution in [3.63, 3.8) is 0 Å². The average molecular weight is 273 g/mol. The number of carbonyl (C=O) groups is 2. The molecule has 3 rings (SSSR count). The van der Waals surface area contributed by atoms with Crippen LogP contribution in [0.1, 0.15) is 31.2 Å². The minimum absolute atomic E-state index is 0.0256. The second-order valence-electron chi connectivity index (χ2n) is 5.85. The zero-order valence-corrected chi connectivity index (χ0v) is 11.8. The molecule has 1 saturated carbocycles. The van der Waals surface area contributed by atoms with Crippen LogP contribution < -0.4 is 5.32 Å². The Kier molecular flexibility index (Phi) is 3.00. The van der Waals surface area contributed by atoms with Crippen LogP contribution in [0.3, 0.4) is 0 Å². The summed E-state index contributed by atoms with van der Waals surface area (Å²) in [6, 6.07) is 5.76. The molecule has 106 valence electrons. The molecule has 1 aromatic rings. The van der Waals surface area contributed by atoms with Crippen LogP contribution >= 0.6 is 0 Å². The third-order valence-electron chi connectivity index (χ3n) is 4.36. The Bertz CT molecular complexity index is 568. The monoisotopic (exact) mass is 273 g/mol. The van der Waals surface area contributed by atoms with E-state index in [2.05, 4.69) is 10.3 Å². The number of piperazine rings is 1. The SMILES string of the molecule is Cc1cccc(CN2C(=O)CNC(=O)C2(C)C2CC2)n1. The van der Waals surface area contributed by atoms with Gasteiger partial charge in [0, 0.05) is 5.69 Å². The fraction of sp³-hybridized carbons (Fsp3) is 0.533. The van der Waals surface area contributed by atoms with Crippen molar-refractivity contribution in [1.29, 1.82) is 0 Å². The molecule has 1 aliphatic heterocycles. The van der Waals surface area contributed by atoms with Crippen LogP contribution in [0.5, 0.6) is 0 Å². The average Bonchev–Trinajstić information content (AvgIpc) is 3.24. The second kappa shape index (κ2) is 4.58. The van der Waals surface area contributed by atoms with E-state index in [-0.39, 0.29) is 24.3 Å². The van der Waals surface area contributed by atoms with Crippen LogP contribution in [0.4, 0.5) is 0 Å². The lowest BCUT2D eigenvalue weighted by molar-refractivity contribution is -0.155. The van der Waals surface area contributed by atoms with Crippen molar-refractivity contribution in [2.45, 2.75) is 38.8 Å². The highest BCUT2D eigenvalue weighted by atomic mass is 16.2. The van der Waals surface area contributed by atoms with Gasteiger partial charge >= 0.3 is 0 Å². The number of amides is 2. The van der Waals surface area contributed by atoms with Crippen LogP contribution in [-0.4, -0.2) is 33.8 Å². The van der Waals surface area contributed by atoms with Gasteiger partial charge in [-0.2, -0.15) is 0 Å². The lowest BCUT2D eigenvalue weighted by atomic mass is 9.89. The van der Waals surface area contributed by atoms with Crippen LogP contribution in [-0.2, 0) is 16.1 Å². The largest absolute Gasteiger partial charge is 0.345 e. The van der Waals surface area contributed by atoms with E-state index in [0.29, 0.717) is 6.54 Å². The van der Waals surface area contributed by atoms with Gasteiger partial charge in [-0.1, -0.05) is 6.07 Å². The van der Waals surface area contributed by atoms with E-state index < -0.39 is 5.54 Å². The molecule has 2 aliphatic rings. The van der Waals surface area contributed by atoms with E-state index in [0.717, 1.165) is 24.2 Å². The van der Waals surface area contributed by atoms with Crippen molar-refractivity contribution in [3.8, 4) is 0 Å². The summed E-state index contributed by atoms with van der Waals surface area (Å²) < 4.78 is 0. The van der Waals surface area contributed by atoms with Crippen LogP contribution in [0.2, 0.25) is 0 Å². The third kappa shape index (κ3) is 2.07. The molecular weight excluding hydrogens is 254 g/mol. The first kappa shape index (κ1) is 13.1. The Balaban J connectivity index is 1.91. The standard InChI is InChI=1S/C15H19N3O2/c1-10-4-3-5-12(17-10)9-18-13(19)8-16-14(20)15(18,2)11-6-7-11/h3-5,11H,6-9H2,1-2H3,(H,16,20). The highest BCUT2D eigenvalue weighted by molar-refractivity contribution is 5.98. The van der Waals surface area contributed by atoms with E-state index in [9.17, 15) is 9.59 Å². The lowest BCUT2D eigenvalue weighted by Gasteiger charge is -2.43. The number of hydrogen-bond acceptors (Lipinski definition) is 3. The molecule has 5 heteroatoms. The minimum atomic E-state index is -0.721. The predicted molar refractivity (Wildman–Crippen MR) is 73.7 cm³/mol. The third-order valence-corrected chi connectivity index (χ3v) is 4.36. The number of pyridine rings is 1. The zero-order chi connectivity index (χ0) is 14.3. The smallest absolute Gasteiger partial charge is 0.246 e. The van der Waals surface area contributed by atoms with Gasteiger partial charge in [-0.25, -0.2) is 0 Å². The Labute approximate surface area is 118 Å². The maximum Gasteiger partial charge on any atom is 0.246 e. The van der Waals surface area contributed by atoms with E-state index >= 15 is 0 Å². The molecule has 0 spiro atoms. The maximum absolute atomic E-state index is 12.3. The molecule has 1 N–H and O–H groups in total.